The molecule has 15 heavy (non-hydrogen) atoms. The minimum Gasteiger partial charge on any atom is -0.330 e. The highest BCUT2D eigenvalue weighted by molar-refractivity contribution is 7.38. The van der Waals surface area contributed by atoms with Gasteiger partial charge in [-0.25, -0.2) is 0 Å². The van der Waals surface area contributed by atoms with E-state index in [-0.39, 0.29) is 16.2 Å². The predicted molar refractivity (Wildman–Crippen MR) is 59.5 cm³/mol. The zero-order chi connectivity index (χ0) is 12.1. The fourth-order valence-corrected chi connectivity index (χ4v) is 4.28. The summed E-state index contributed by atoms with van der Waals surface area (Å²) in [5.74, 6) is 0. The highest BCUT2D eigenvalue weighted by atomic mass is 28.3. The molecule has 0 amide bonds. The quantitative estimate of drug-likeness (QED) is 0.444. The van der Waals surface area contributed by atoms with Crippen LogP contribution in [0.5, 0.6) is 0 Å². The Morgan fingerprint density at radius 2 is 1.47 bits per heavy atom. The molecular weight excluding hydrogens is 212 g/mol. The van der Waals surface area contributed by atoms with Gasteiger partial charge in [-0.2, -0.15) is 0 Å². The lowest BCUT2D eigenvalue weighted by Crippen LogP contribution is -2.68. The van der Waals surface area contributed by atoms with Crippen molar-refractivity contribution in [3.8, 4) is 0 Å². The first-order valence-corrected chi connectivity index (χ1v) is 6.87. The molecule has 0 rings (SSSR count). The fourth-order valence-electron chi connectivity index (χ4n) is 1.50. The van der Waals surface area contributed by atoms with Crippen molar-refractivity contribution in [2.45, 2.75) is 27.2 Å². The van der Waals surface area contributed by atoms with Gasteiger partial charge in [0.05, 0.1) is 0 Å². The Bertz CT molecular complexity index is 242. The summed E-state index contributed by atoms with van der Waals surface area (Å²) in [5.41, 5.74) is 5.31. The van der Waals surface area contributed by atoms with Gasteiger partial charge in [-0.15, -0.1) is 0 Å². The van der Waals surface area contributed by atoms with Gasteiger partial charge in [-0.3, -0.25) is 0 Å². The molecule has 0 fully saturated rings. The van der Waals surface area contributed by atoms with Crippen molar-refractivity contribution in [1.82, 2.24) is 4.98 Å². The van der Waals surface area contributed by atoms with Crippen LogP contribution in [0.4, 0.5) is 0 Å². The molecule has 5 nitrogen and oxygen atoms in total. The van der Waals surface area contributed by atoms with Crippen molar-refractivity contribution in [2.75, 3.05) is 13.1 Å². The number of nitrogens with two attached hydrogens (primary N) is 1. The zero-order valence-electron chi connectivity index (χ0n) is 9.42. The zero-order valence-corrected chi connectivity index (χ0v) is 10.4. The number of hydrogen-bond donors (Lipinski definition) is 2. The van der Waals surface area contributed by atoms with E-state index in [0.29, 0.717) is 19.5 Å². The summed E-state index contributed by atoms with van der Waals surface area (Å²) in [6.45, 7) is 4.78. The Labute approximate surface area is 90.5 Å². The summed E-state index contributed by atoms with van der Waals surface area (Å²) in [5, 5.41) is -1.00. The molecule has 86 valence electrons. The minimum absolute atomic E-state index is 0.334. The molecule has 0 spiro atoms. The van der Waals surface area contributed by atoms with Crippen molar-refractivity contribution < 1.29 is 14.4 Å². The van der Waals surface area contributed by atoms with Gasteiger partial charge in [0.25, 0.3) is 0 Å². The molecular formula is C9H18N2O3Si. The van der Waals surface area contributed by atoms with Gasteiger partial charge in [0.15, 0.2) is 0 Å². The van der Waals surface area contributed by atoms with E-state index in [0.717, 1.165) is 0 Å². The second-order valence-corrected chi connectivity index (χ2v) is 7.45. The van der Waals surface area contributed by atoms with Crippen LogP contribution in [0.3, 0.4) is 0 Å². The summed E-state index contributed by atoms with van der Waals surface area (Å²) in [6.07, 6.45) is 0.641. The van der Waals surface area contributed by atoms with E-state index in [1.807, 2.05) is 0 Å². The summed E-state index contributed by atoms with van der Waals surface area (Å²) in [4.78, 5) is 37.3. The highest BCUT2D eigenvalue weighted by Gasteiger charge is 2.49. The molecule has 0 aromatic heterocycles. The topological polar surface area (TPSA) is 89.3 Å². The van der Waals surface area contributed by atoms with E-state index in [4.69, 9.17) is 5.73 Å². The second-order valence-electron chi connectivity index (χ2n) is 3.49. The third-order valence-corrected chi connectivity index (χ3v) is 6.30. The maximum absolute atomic E-state index is 11.5. The van der Waals surface area contributed by atoms with E-state index in [2.05, 4.69) is 4.98 Å². The summed E-state index contributed by atoms with van der Waals surface area (Å²) < 4.78 is 0. The van der Waals surface area contributed by atoms with Crippen LogP contribution in [-0.4, -0.2) is 37.5 Å². The van der Waals surface area contributed by atoms with Crippen LogP contribution in [0.1, 0.15) is 27.2 Å². The number of rotatable bonds is 7. The molecule has 0 aliphatic heterocycles. The van der Waals surface area contributed by atoms with E-state index in [1.54, 1.807) is 0 Å². The Morgan fingerprint density at radius 3 is 1.73 bits per heavy atom. The molecule has 6 heteroatoms. The minimum atomic E-state index is -3.29. The SMILES string of the molecule is CC(=O)[Si](NCCCN)(C(C)=O)C(C)=O. The Hall–Kier alpha value is -0.853. The lowest BCUT2D eigenvalue weighted by molar-refractivity contribution is -0.118. The van der Waals surface area contributed by atoms with E-state index in [9.17, 15) is 14.4 Å². The second kappa shape index (κ2) is 5.89. The van der Waals surface area contributed by atoms with Crippen molar-refractivity contribution >= 4 is 24.5 Å². The Balaban J connectivity index is 4.90. The van der Waals surface area contributed by atoms with Crippen LogP contribution in [0.2, 0.25) is 0 Å². The number of hydrogen-bond acceptors (Lipinski definition) is 5. The average Bonchev–Trinajstić information content (AvgIpc) is 2.10. The maximum Gasteiger partial charge on any atom is 0.342 e. The maximum atomic E-state index is 11.5. The molecule has 0 aromatic rings. The van der Waals surface area contributed by atoms with Crippen LogP contribution in [0.25, 0.3) is 0 Å². The normalized spacial score (nSPS) is 11.2. The highest BCUT2D eigenvalue weighted by Crippen LogP contribution is 2.04. The van der Waals surface area contributed by atoms with Gasteiger partial charge in [0.2, 0.25) is 0 Å². The molecule has 0 atom stereocenters. The van der Waals surface area contributed by atoms with Gasteiger partial charge in [-0.1, -0.05) is 0 Å². The average molecular weight is 230 g/mol. The Morgan fingerprint density at radius 1 is 1.07 bits per heavy atom. The third kappa shape index (κ3) is 3.05. The monoisotopic (exact) mass is 230 g/mol. The molecule has 0 aliphatic rings. The van der Waals surface area contributed by atoms with Crippen molar-refractivity contribution in [2.24, 2.45) is 5.73 Å². The van der Waals surface area contributed by atoms with Gasteiger partial charge in [0, 0.05) is 0 Å². The largest absolute Gasteiger partial charge is 0.342 e. The van der Waals surface area contributed by atoms with E-state index in [1.165, 1.54) is 20.8 Å². The molecule has 3 N–H and O–H groups in total. The molecule has 0 aliphatic carbocycles. The summed E-state index contributed by atoms with van der Waals surface area (Å²) in [7, 11) is -3.29. The first-order valence-electron chi connectivity index (χ1n) is 4.87. The number of carbonyl (C=O) groups excluding carboxylic acids is 3. The van der Waals surface area contributed by atoms with E-state index < -0.39 is 8.24 Å². The van der Waals surface area contributed by atoms with Gasteiger partial charge < -0.3 is 25.1 Å². The van der Waals surface area contributed by atoms with Gasteiger partial charge >= 0.3 is 8.24 Å². The predicted octanol–water partition coefficient (Wildman–Crippen LogP) is -0.745. The Kier molecular flexibility index (Phi) is 5.56. The van der Waals surface area contributed by atoms with Gasteiger partial charge in [-0.05, 0) is 40.3 Å². The van der Waals surface area contributed by atoms with Crippen LogP contribution >= 0.6 is 0 Å². The van der Waals surface area contributed by atoms with Crippen LogP contribution in [0.15, 0.2) is 0 Å². The first kappa shape index (κ1) is 14.1. The number of carbonyl (C=O) groups is 3. The van der Waals surface area contributed by atoms with Crippen LogP contribution in [-0.2, 0) is 14.4 Å². The molecule has 0 radical (unpaired) electrons. The molecule has 0 saturated heterocycles. The van der Waals surface area contributed by atoms with Crippen molar-refractivity contribution in [1.29, 1.82) is 0 Å². The van der Waals surface area contributed by atoms with Crippen molar-refractivity contribution in [3.05, 3.63) is 0 Å². The third-order valence-electron chi connectivity index (χ3n) is 2.36. The summed E-state index contributed by atoms with van der Waals surface area (Å²) in [6, 6.07) is 0. The molecule has 0 saturated carbocycles. The van der Waals surface area contributed by atoms with Gasteiger partial charge in [0.1, 0.15) is 16.2 Å². The summed E-state index contributed by atoms with van der Waals surface area (Å²) >= 11 is 0. The lowest BCUT2D eigenvalue weighted by atomic mass is 10.4. The smallest absolute Gasteiger partial charge is 0.330 e. The molecule has 0 bridgehead atoms. The molecule has 0 aromatic carbocycles. The first-order chi connectivity index (χ1) is 6.89. The van der Waals surface area contributed by atoms with Crippen LogP contribution < -0.4 is 10.7 Å². The van der Waals surface area contributed by atoms with Crippen molar-refractivity contribution in [3.63, 3.8) is 0 Å². The van der Waals surface area contributed by atoms with Crippen LogP contribution in [0, 0.1) is 0 Å². The van der Waals surface area contributed by atoms with E-state index >= 15 is 0 Å². The standard InChI is InChI=1S/C9H18N2O3Si/c1-7(12)15(8(2)13,9(3)14)11-6-4-5-10/h11H,4-6,10H2,1-3H3. The fraction of sp³-hybridized carbons (Fsp3) is 0.667. The lowest BCUT2D eigenvalue weighted by Gasteiger charge is -2.23. The number of nitrogens with one attached hydrogen (secondary N) is 1. The molecule has 0 heterocycles. The molecule has 0 unspecified atom stereocenters.